The van der Waals surface area contributed by atoms with Gasteiger partial charge in [0.25, 0.3) is 0 Å². The molecule has 1 N–H and O–H groups in total. The summed E-state index contributed by atoms with van der Waals surface area (Å²) in [4.78, 5) is 0. The molecule has 0 bridgehead atoms. The molecule has 2 atom stereocenters. The molecule has 0 amide bonds. The van der Waals surface area contributed by atoms with E-state index in [1.165, 1.54) is 31.4 Å². The van der Waals surface area contributed by atoms with Crippen LogP contribution in [0.4, 0.5) is 0 Å². The molecule has 2 fully saturated rings. The molecular weight excluding hydrogens is 144 g/mol. The average Bonchev–Trinajstić information content (AvgIpc) is 2.48. The quantitative estimate of drug-likeness (QED) is 0.580. The predicted octanol–water partition coefficient (Wildman–Crippen LogP) is 1.80. The summed E-state index contributed by atoms with van der Waals surface area (Å²) < 4.78 is 0.319. The molecule has 2 aliphatic rings. The fourth-order valence-corrected chi connectivity index (χ4v) is 3.79. The molecule has 1 aliphatic heterocycles. The van der Waals surface area contributed by atoms with Gasteiger partial charge in [0, 0.05) is 4.75 Å². The van der Waals surface area contributed by atoms with Crippen molar-refractivity contribution in [2.45, 2.75) is 43.0 Å². The summed E-state index contributed by atoms with van der Waals surface area (Å²) >= 11 is 2.01. The lowest BCUT2D eigenvalue weighted by molar-refractivity contribution is 0.148. The molecule has 1 saturated heterocycles. The van der Waals surface area contributed by atoms with Crippen LogP contribution < -0.4 is 0 Å². The van der Waals surface area contributed by atoms with Gasteiger partial charge < -0.3 is 5.11 Å². The Bertz CT molecular complexity index is 124. The molecule has 1 aliphatic carbocycles. The maximum atomic E-state index is 9.66. The van der Waals surface area contributed by atoms with Crippen molar-refractivity contribution >= 4 is 11.8 Å². The van der Waals surface area contributed by atoms with Crippen LogP contribution in [0, 0.1) is 0 Å². The summed E-state index contributed by atoms with van der Waals surface area (Å²) in [5.41, 5.74) is 0. The van der Waals surface area contributed by atoms with E-state index in [4.69, 9.17) is 0 Å². The van der Waals surface area contributed by atoms with Gasteiger partial charge in [-0.3, -0.25) is 0 Å². The third-order valence-corrected chi connectivity index (χ3v) is 4.57. The lowest BCUT2D eigenvalue weighted by Gasteiger charge is -2.25. The predicted molar refractivity (Wildman–Crippen MR) is 44.3 cm³/mol. The summed E-state index contributed by atoms with van der Waals surface area (Å²) in [6.45, 7) is 0. The number of hydrogen-bond donors (Lipinski definition) is 1. The van der Waals surface area contributed by atoms with Gasteiger partial charge in [-0.15, -0.1) is 0 Å². The summed E-state index contributed by atoms with van der Waals surface area (Å²) in [6, 6.07) is 0. The zero-order valence-corrected chi connectivity index (χ0v) is 6.99. The molecule has 2 heteroatoms. The van der Waals surface area contributed by atoms with E-state index < -0.39 is 0 Å². The second kappa shape index (κ2) is 2.42. The van der Waals surface area contributed by atoms with Gasteiger partial charge >= 0.3 is 0 Å². The fourth-order valence-electron chi connectivity index (χ4n) is 2.20. The van der Waals surface area contributed by atoms with Crippen LogP contribution in [0.25, 0.3) is 0 Å². The van der Waals surface area contributed by atoms with Gasteiger partial charge in [-0.2, -0.15) is 11.8 Å². The molecule has 0 radical (unpaired) electrons. The first-order valence-corrected chi connectivity index (χ1v) is 5.14. The Morgan fingerprint density at radius 3 is 2.60 bits per heavy atom. The molecule has 10 heavy (non-hydrogen) atoms. The maximum Gasteiger partial charge on any atom is 0.0686 e. The van der Waals surface area contributed by atoms with Gasteiger partial charge in [0.05, 0.1) is 6.10 Å². The molecule has 0 aromatic carbocycles. The number of thioether (sulfide) groups is 1. The molecule has 0 aromatic rings. The Kier molecular flexibility index (Phi) is 1.69. The highest BCUT2D eigenvalue weighted by atomic mass is 32.2. The summed E-state index contributed by atoms with van der Waals surface area (Å²) in [5.74, 6) is 1.27. The van der Waals surface area contributed by atoms with E-state index in [-0.39, 0.29) is 6.10 Å². The van der Waals surface area contributed by atoms with Crippen LogP contribution in [0.3, 0.4) is 0 Å². The molecular formula is C8H14OS. The molecule has 0 unspecified atom stereocenters. The third kappa shape index (κ3) is 0.892. The van der Waals surface area contributed by atoms with Gasteiger partial charge in [-0.25, -0.2) is 0 Å². The monoisotopic (exact) mass is 158 g/mol. The van der Waals surface area contributed by atoms with Crippen molar-refractivity contribution in [3.8, 4) is 0 Å². The van der Waals surface area contributed by atoms with E-state index in [0.717, 1.165) is 6.42 Å². The highest BCUT2D eigenvalue weighted by Gasteiger charge is 2.44. The van der Waals surface area contributed by atoms with Crippen molar-refractivity contribution in [3.63, 3.8) is 0 Å². The highest BCUT2D eigenvalue weighted by Crippen LogP contribution is 2.49. The largest absolute Gasteiger partial charge is 0.392 e. The van der Waals surface area contributed by atoms with E-state index >= 15 is 0 Å². The molecule has 58 valence electrons. The van der Waals surface area contributed by atoms with Crippen LogP contribution in [0.5, 0.6) is 0 Å². The minimum atomic E-state index is 0.0139. The highest BCUT2D eigenvalue weighted by molar-refractivity contribution is 8.01. The average molecular weight is 158 g/mol. The van der Waals surface area contributed by atoms with Crippen LogP contribution in [0.1, 0.15) is 32.1 Å². The van der Waals surface area contributed by atoms with E-state index in [1.54, 1.807) is 0 Å². The first kappa shape index (κ1) is 6.99. The molecule has 1 heterocycles. The number of aliphatic hydroxyl groups is 1. The molecule has 1 saturated carbocycles. The Balaban J connectivity index is 2.11. The lowest BCUT2D eigenvalue weighted by Crippen LogP contribution is -2.30. The van der Waals surface area contributed by atoms with Crippen LogP contribution in [-0.2, 0) is 0 Å². The van der Waals surface area contributed by atoms with Crippen molar-refractivity contribution in [1.82, 2.24) is 0 Å². The van der Waals surface area contributed by atoms with Gasteiger partial charge in [0.2, 0.25) is 0 Å². The van der Waals surface area contributed by atoms with Crippen molar-refractivity contribution in [2.75, 3.05) is 5.75 Å². The van der Waals surface area contributed by atoms with E-state index in [0.29, 0.717) is 4.75 Å². The first-order chi connectivity index (χ1) is 4.83. The lowest BCUT2D eigenvalue weighted by atomic mass is 10.00. The molecule has 1 spiro atoms. The number of hydrogen-bond acceptors (Lipinski definition) is 2. The molecule has 1 nitrogen and oxygen atoms in total. The summed E-state index contributed by atoms with van der Waals surface area (Å²) in [7, 11) is 0. The Morgan fingerprint density at radius 1 is 1.30 bits per heavy atom. The minimum absolute atomic E-state index is 0.0139. The van der Waals surface area contributed by atoms with Crippen LogP contribution in [0.15, 0.2) is 0 Å². The van der Waals surface area contributed by atoms with Crippen molar-refractivity contribution < 1.29 is 5.11 Å². The Hall–Kier alpha value is 0.310. The van der Waals surface area contributed by atoms with Crippen LogP contribution >= 0.6 is 11.8 Å². The first-order valence-electron chi connectivity index (χ1n) is 4.16. The van der Waals surface area contributed by atoms with E-state index in [1.807, 2.05) is 11.8 Å². The molecule has 0 aromatic heterocycles. The van der Waals surface area contributed by atoms with Gasteiger partial charge in [-0.1, -0.05) is 0 Å². The normalized spacial score (nSPS) is 47.1. The zero-order chi connectivity index (χ0) is 7.03. The number of rotatable bonds is 0. The summed E-state index contributed by atoms with van der Waals surface area (Å²) in [6.07, 6.45) is 6.15. The second-order valence-electron chi connectivity index (χ2n) is 3.42. The maximum absolute atomic E-state index is 9.66. The van der Waals surface area contributed by atoms with Gasteiger partial charge in [0.15, 0.2) is 0 Å². The second-order valence-corrected chi connectivity index (χ2v) is 4.93. The topological polar surface area (TPSA) is 20.2 Å². The van der Waals surface area contributed by atoms with Crippen LogP contribution in [-0.4, -0.2) is 21.7 Å². The number of aliphatic hydroxyl groups excluding tert-OH is 1. The van der Waals surface area contributed by atoms with Crippen molar-refractivity contribution in [1.29, 1.82) is 0 Å². The Labute approximate surface area is 66.2 Å². The zero-order valence-electron chi connectivity index (χ0n) is 6.18. The van der Waals surface area contributed by atoms with Gasteiger partial charge in [0.1, 0.15) is 0 Å². The van der Waals surface area contributed by atoms with Crippen LogP contribution in [0.2, 0.25) is 0 Å². The SMILES string of the molecule is O[C@@H]1CCC[C@]12CCCS2. The summed E-state index contributed by atoms with van der Waals surface area (Å²) in [5, 5.41) is 9.66. The smallest absolute Gasteiger partial charge is 0.0686 e. The third-order valence-electron chi connectivity index (χ3n) is 2.82. The van der Waals surface area contributed by atoms with Crippen molar-refractivity contribution in [3.05, 3.63) is 0 Å². The minimum Gasteiger partial charge on any atom is -0.392 e. The van der Waals surface area contributed by atoms with Gasteiger partial charge in [-0.05, 0) is 37.9 Å². The van der Waals surface area contributed by atoms with Crippen molar-refractivity contribution in [2.24, 2.45) is 0 Å². The standard InChI is InChI=1S/C8H14OS/c9-7-3-1-4-8(7)5-2-6-10-8/h7,9H,1-6H2/t7-,8+/m1/s1. The van der Waals surface area contributed by atoms with E-state index in [9.17, 15) is 5.11 Å². The fraction of sp³-hybridized carbons (Fsp3) is 1.00. The molecule has 2 rings (SSSR count). The Morgan fingerprint density at radius 2 is 2.10 bits per heavy atom. The van der Waals surface area contributed by atoms with E-state index in [2.05, 4.69) is 0 Å².